The molecule has 120 valence electrons. The highest BCUT2D eigenvalue weighted by Gasteiger charge is 2.35. The molecule has 2 atom stereocenters. The SMILES string of the molecule is CC(C)(C)c1ccc(C2CC(C(=O)O)CCN2C(=O)O)cc1. The minimum Gasteiger partial charge on any atom is -0.481 e. The Morgan fingerprint density at radius 2 is 1.73 bits per heavy atom. The second-order valence-corrected chi connectivity index (χ2v) is 6.92. The van der Waals surface area contributed by atoms with Gasteiger partial charge in [-0.2, -0.15) is 0 Å². The second-order valence-electron chi connectivity index (χ2n) is 6.92. The molecular weight excluding hydrogens is 282 g/mol. The Bertz CT molecular complexity index is 559. The number of hydrogen-bond donors (Lipinski definition) is 2. The number of nitrogens with zero attached hydrogens (tertiary/aromatic N) is 1. The number of carbonyl (C=O) groups is 2. The van der Waals surface area contributed by atoms with Crippen molar-refractivity contribution in [2.24, 2.45) is 5.92 Å². The molecule has 1 fully saturated rings. The van der Waals surface area contributed by atoms with Crippen molar-refractivity contribution < 1.29 is 19.8 Å². The third-order valence-electron chi connectivity index (χ3n) is 4.36. The van der Waals surface area contributed by atoms with Gasteiger partial charge in [-0.3, -0.25) is 4.79 Å². The van der Waals surface area contributed by atoms with E-state index in [1.54, 1.807) is 0 Å². The average Bonchev–Trinajstić information content (AvgIpc) is 2.45. The van der Waals surface area contributed by atoms with Gasteiger partial charge in [-0.05, 0) is 29.4 Å². The van der Waals surface area contributed by atoms with Gasteiger partial charge in [-0.15, -0.1) is 0 Å². The van der Waals surface area contributed by atoms with Gasteiger partial charge in [0.2, 0.25) is 0 Å². The van der Waals surface area contributed by atoms with Gasteiger partial charge in [0.05, 0.1) is 12.0 Å². The molecule has 1 aliphatic heterocycles. The highest BCUT2D eigenvalue weighted by molar-refractivity contribution is 5.71. The van der Waals surface area contributed by atoms with Crippen LogP contribution in [-0.4, -0.2) is 33.7 Å². The summed E-state index contributed by atoms with van der Waals surface area (Å²) in [6.07, 6.45) is -0.289. The minimum atomic E-state index is -0.992. The molecule has 0 spiro atoms. The fourth-order valence-corrected chi connectivity index (χ4v) is 2.94. The lowest BCUT2D eigenvalue weighted by molar-refractivity contribution is -0.144. The van der Waals surface area contributed by atoms with Gasteiger partial charge in [0.15, 0.2) is 0 Å². The van der Waals surface area contributed by atoms with Crippen molar-refractivity contribution in [3.63, 3.8) is 0 Å². The summed E-state index contributed by atoms with van der Waals surface area (Å²) in [5.41, 5.74) is 2.06. The van der Waals surface area contributed by atoms with Gasteiger partial charge in [0, 0.05) is 6.54 Å². The van der Waals surface area contributed by atoms with E-state index in [0.29, 0.717) is 12.8 Å². The smallest absolute Gasteiger partial charge is 0.407 e. The van der Waals surface area contributed by atoms with Gasteiger partial charge >= 0.3 is 12.1 Å². The summed E-state index contributed by atoms with van der Waals surface area (Å²) in [6.45, 7) is 6.61. The minimum absolute atomic E-state index is 0.0289. The number of hydrogen-bond acceptors (Lipinski definition) is 2. The van der Waals surface area contributed by atoms with Crippen LogP contribution in [-0.2, 0) is 10.2 Å². The quantitative estimate of drug-likeness (QED) is 0.876. The Morgan fingerprint density at radius 1 is 1.14 bits per heavy atom. The number of carboxylic acids is 1. The van der Waals surface area contributed by atoms with E-state index in [-0.39, 0.29) is 18.0 Å². The lowest BCUT2D eigenvalue weighted by atomic mass is 9.84. The number of rotatable bonds is 2. The third-order valence-corrected chi connectivity index (χ3v) is 4.36. The molecule has 2 N–H and O–H groups in total. The predicted octanol–water partition coefficient (Wildman–Crippen LogP) is 3.50. The van der Waals surface area contributed by atoms with Crippen LogP contribution in [0.1, 0.15) is 50.8 Å². The Labute approximate surface area is 130 Å². The van der Waals surface area contributed by atoms with Crippen LogP contribution in [0.4, 0.5) is 4.79 Å². The molecule has 0 bridgehead atoms. The van der Waals surface area contributed by atoms with E-state index < -0.39 is 18.0 Å². The molecule has 2 rings (SSSR count). The Morgan fingerprint density at radius 3 is 2.18 bits per heavy atom. The van der Waals surface area contributed by atoms with E-state index in [1.165, 1.54) is 10.5 Å². The van der Waals surface area contributed by atoms with E-state index >= 15 is 0 Å². The molecule has 1 heterocycles. The average molecular weight is 305 g/mol. The normalized spacial score (nSPS) is 22.4. The number of aliphatic carboxylic acids is 1. The molecular formula is C17H23NO4. The fourth-order valence-electron chi connectivity index (χ4n) is 2.94. The van der Waals surface area contributed by atoms with Gasteiger partial charge < -0.3 is 15.1 Å². The first-order chi connectivity index (χ1) is 10.2. The molecule has 5 nitrogen and oxygen atoms in total. The summed E-state index contributed by atoms with van der Waals surface area (Å²) in [6, 6.07) is 7.46. The van der Waals surface area contributed by atoms with Crippen LogP contribution < -0.4 is 0 Å². The lowest BCUT2D eigenvalue weighted by Crippen LogP contribution is -2.42. The van der Waals surface area contributed by atoms with E-state index in [1.807, 2.05) is 24.3 Å². The third kappa shape index (κ3) is 3.40. The maximum Gasteiger partial charge on any atom is 0.407 e. The largest absolute Gasteiger partial charge is 0.481 e. The predicted molar refractivity (Wildman–Crippen MR) is 83.0 cm³/mol. The van der Waals surface area contributed by atoms with Crippen LogP contribution >= 0.6 is 0 Å². The van der Waals surface area contributed by atoms with Crippen molar-refractivity contribution in [3.05, 3.63) is 35.4 Å². The Hall–Kier alpha value is -2.04. The van der Waals surface area contributed by atoms with E-state index in [2.05, 4.69) is 20.8 Å². The molecule has 1 aromatic carbocycles. The van der Waals surface area contributed by atoms with Gasteiger partial charge in [0.1, 0.15) is 0 Å². The highest BCUT2D eigenvalue weighted by Crippen LogP contribution is 2.35. The lowest BCUT2D eigenvalue weighted by Gasteiger charge is -2.36. The van der Waals surface area contributed by atoms with Crippen molar-refractivity contribution in [3.8, 4) is 0 Å². The first-order valence-corrected chi connectivity index (χ1v) is 7.53. The Balaban J connectivity index is 2.28. The van der Waals surface area contributed by atoms with Crippen LogP contribution in [0.25, 0.3) is 0 Å². The summed E-state index contributed by atoms with van der Waals surface area (Å²) < 4.78 is 0. The van der Waals surface area contributed by atoms with Crippen LogP contribution in [0.3, 0.4) is 0 Å². The monoisotopic (exact) mass is 305 g/mol. The number of amides is 1. The molecule has 1 saturated heterocycles. The van der Waals surface area contributed by atoms with Crippen LogP contribution in [0, 0.1) is 5.92 Å². The molecule has 2 unspecified atom stereocenters. The first kappa shape index (κ1) is 16.3. The van der Waals surface area contributed by atoms with E-state index in [9.17, 15) is 19.8 Å². The van der Waals surface area contributed by atoms with Crippen molar-refractivity contribution in [2.75, 3.05) is 6.54 Å². The molecule has 0 aliphatic carbocycles. The van der Waals surface area contributed by atoms with Crippen molar-refractivity contribution in [1.29, 1.82) is 0 Å². The zero-order valence-corrected chi connectivity index (χ0v) is 13.2. The summed E-state index contributed by atoms with van der Waals surface area (Å²) in [7, 11) is 0. The number of benzene rings is 1. The van der Waals surface area contributed by atoms with E-state index in [0.717, 1.165) is 5.56 Å². The molecule has 1 amide bonds. The summed E-state index contributed by atoms with van der Waals surface area (Å²) in [4.78, 5) is 24.0. The fraction of sp³-hybridized carbons (Fsp3) is 0.529. The molecule has 0 aromatic heterocycles. The highest BCUT2D eigenvalue weighted by atomic mass is 16.4. The van der Waals surface area contributed by atoms with Gasteiger partial charge in [-0.25, -0.2) is 4.79 Å². The van der Waals surface area contributed by atoms with E-state index in [4.69, 9.17) is 0 Å². The van der Waals surface area contributed by atoms with Crippen LogP contribution in [0.5, 0.6) is 0 Å². The molecule has 0 radical (unpaired) electrons. The molecule has 0 saturated carbocycles. The summed E-state index contributed by atoms with van der Waals surface area (Å²) in [5.74, 6) is -1.33. The summed E-state index contributed by atoms with van der Waals surface area (Å²) >= 11 is 0. The van der Waals surface area contributed by atoms with Gasteiger partial charge in [-0.1, -0.05) is 45.0 Å². The number of carboxylic acid groups (broad SMARTS) is 2. The van der Waals surface area contributed by atoms with Crippen molar-refractivity contribution >= 4 is 12.1 Å². The zero-order valence-electron chi connectivity index (χ0n) is 13.2. The second kappa shape index (κ2) is 5.99. The molecule has 1 aliphatic rings. The molecule has 1 aromatic rings. The first-order valence-electron chi connectivity index (χ1n) is 7.53. The van der Waals surface area contributed by atoms with Crippen LogP contribution in [0.15, 0.2) is 24.3 Å². The summed E-state index contributed by atoms with van der Waals surface area (Å²) in [5, 5.41) is 18.6. The Kier molecular flexibility index (Phi) is 4.44. The van der Waals surface area contributed by atoms with Crippen LogP contribution in [0.2, 0.25) is 0 Å². The molecule has 22 heavy (non-hydrogen) atoms. The maximum atomic E-state index is 11.4. The van der Waals surface area contributed by atoms with Crippen molar-refractivity contribution in [1.82, 2.24) is 4.90 Å². The maximum absolute atomic E-state index is 11.4. The molecule has 5 heteroatoms. The number of likely N-dealkylation sites (tertiary alicyclic amines) is 1. The van der Waals surface area contributed by atoms with Crippen molar-refractivity contribution in [2.45, 2.75) is 45.1 Å². The standard InChI is InChI=1S/C17H23NO4/c1-17(2,3)13-6-4-11(5-7-13)14-10-12(15(19)20)8-9-18(14)16(21)22/h4-7,12,14H,8-10H2,1-3H3,(H,19,20)(H,21,22). The zero-order chi connectivity index (χ0) is 16.5. The number of piperidine rings is 1. The van der Waals surface area contributed by atoms with Gasteiger partial charge in [0.25, 0.3) is 0 Å². The topological polar surface area (TPSA) is 77.8 Å².